The Morgan fingerprint density at radius 1 is 1.14 bits per heavy atom. The number of nitrogens with one attached hydrogen (secondary N) is 1. The predicted octanol–water partition coefficient (Wildman–Crippen LogP) is 3.36. The van der Waals surface area contributed by atoms with Gasteiger partial charge in [-0.1, -0.05) is 29.8 Å². The standard InChI is InChI=1S/C22H26N2O4/c1-4-27-19-7-5-6-8-20(19)28-12-11-24(3)21(25)14-17-16-13-15(2)9-10-18(16)23-22(17)26/h5-10,13,17H,4,11-12,14H2,1-3H3,(H,23,26). The van der Waals surface area contributed by atoms with Gasteiger partial charge in [0.15, 0.2) is 11.5 Å². The molecule has 2 aromatic carbocycles. The van der Waals surface area contributed by atoms with E-state index in [9.17, 15) is 9.59 Å². The van der Waals surface area contributed by atoms with Gasteiger partial charge in [0.1, 0.15) is 6.61 Å². The van der Waals surface area contributed by atoms with E-state index in [1.807, 2.05) is 56.3 Å². The van der Waals surface area contributed by atoms with Gasteiger partial charge in [-0.15, -0.1) is 0 Å². The molecule has 0 saturated heterocycles. The highest BCUT2D eigenvalue weighted by molar-refractivity contribution is 6.05. The van der Waals surface area contributed by atoms with Gasteiger partial charge in [-0.3, -0.25) is 9.59 Å². The molecule has 148 valence electrons. The van der Waals surface area contributed by atoms with Crippen LogP contribution in [-0.2, 0) is 9.59 Å². The van der Waals surface area contributed by atoms with Crippen LogP contribution in [0.15, 0.2) is 42.5 Å². The Morgan fingerprint density at radius 3 is 2.57 bits per heavy atom. The van der Waals surface area contributed by atoms with Gasteiger partial charge in [0.2, 0.25) is 11.8 Å². The van der Waals surface area contributed by atoms with E-state index in [1.165, 1.54) is 0 Å². The Bertz CT molecular complexity index is 865. The van der Waals surface area contributed by atoms with Crippen LogP contribution >= 0.6 is 0 Å². The van der Waals surface area contributed by atoms with Crippen molar-refractivity contribution >= 4 is 17.5 Å². The zero-order chi connectivity index (χ0) is 20.1. The normalized spacial score (nSPS) is 15.0. The summed E-state index contributed by atoms with van der Waals surface area (Å²) in [5.41, 5.74) is 2.77. The maximum atomic E-state index is 12.6. The fraction of sp³-hybridized carbons (Fsp3) is 0.364. The van der Waals surface area contributed by atoms with Crippen molar-refractivity contribution < 1.29 is 19.1 Å². The number of nitrogens with zero attached hydrogens (tertiary/aromatic N) is 1. The molecule has 6 nitrogen and oxygen atoms in total. The molecule has 3 rings (SSSR count). The molecule has 28 heavy (non-hydrogen) atoms. The van der Waals surface area contributed by atoms with Crippen LogP contribution in [0.5, 0.6) is 11.5 Å². The summed E-state index contributed by atoms with van der Waals surface area (Å²) >= 11 is 0. The van der Waals surface area contributed by atoms with Gasteiger partial charge in [0.25, 0.3) is 0 Å². The van der Waals surface area contributed by atoms with E-state index < -0.39 is 5.92 Å². The Hall–Kier alpha value is -3.02. The molecule has 2 amide bonds. The number of rotatable bonds is 8. The lowest BCUT2D eigenvalue weighted by Gasteiger charge is -2.20. The number of likely N-dealkylation sites (N-methyl/N-ethyl adjacent to an activating group) is 1. The van der Waals surface area contributed by atoms with Crippen LogP contribution in [0, 0.1) is 6.92 Å². The maximum Gasteiger partial charge on any atom is 0.232 e. The van der Waals surface area contributed by atoms with Gasteiger partial charge in [0.05, 0.1) is 19.1 Å². The third kappa shape index (κ3) is 4.44. The van der Waals surface area contributed by atoms with Crippen LogP contribution in [0.3, 0.4) is 0 Å². The van der Waals surface area contributed by atoms with E-state index in [2.05, 4.69) is 5.32 Å². The van der Waals surface area contributed by atoms with E-state index in [0.29, 0.717) is 31.3 Å². The number of carbonyl (C=O) groups is 2. The van der Waals surface area contributed by atoms with Crippen LogP contribution in [0.2, 0.25) is 0 Å². The number of para-hydroxylation sites is 2. The second-order valence-electron chi connectivity index (χ2n) is 6.88. The lowest BCUT2D eigenvalue weighted by atomic mass is 9.95. The molecule has 0 saturated carbocycles. The molecule has 0 spiro atoms. The average molecular weight is 382 g/mol. The first-order chi connectivity index (χ1) is 13.5. The number of hydrogen-bond acceptors (Lipinski definition) is 4. The van der Waals surface area contributed by atoms with Gasteiger partial charge in [0, 0.05) is 19.2 Å². The molecule has 1 aliphatic rings. The number of amides is 2. The number of carbonyl (C=O) groups excluding carboxylic acids is 2. The first-order valence-electron chi connectivity index (χ1n) is 9.49. The Labute approximate surface area is 165 Å². The Kier molecular flexibility index (Phi) is 6.19. The zero-order valence-electron chi connectivity index (χ0n) is 16.5. The topological polar surface area (TPSA) is 67.9 Å². The molecule has 1 aliphatic heterocycles. The molecular formula is C22H26N2O4. The van der Waals surface area contributed by atoms with Crippen molar-refractivity contribution in [2.24, 2.45) is 0 Å². The van der Waals surface area contributed by atoms with Crippen molar-refractivity contribution in [3.8, 4) is 11.5 Å². The predicted molar refractivity (Wildman–Crippen MR) is 108 cm³/mol. The van der Waals surface area contributed by atoms with E-state index in [-0.39, 0.29) is 18.2 Å². The molecule has 0 radical (unpaired) electrons. The summed E-state index contributed by atoms with van der Waals surface area (Å²) in [4.78, 5) is 26.5. The van der Waals surface area contributed by atoms with Gasteiger partial charge < -0.3 is 19.7 Å². The quantitative estimate of drug-likeness (QED) is 0.760. The number of benzene rings is 2. The third-order valence-electron chi connectivity index (χ3n) is 4.79. The van der Waals surface area contributed by atoms with Crippen LogP contribution in [0.25, 0.3) is 0 Å². The average Bonchev–Trinajstić information content (AvgIpc) is 2.98. The molecule has 1 N–H and O–H groups in total. The van der Waals surface area contributed by atoms with Gasteiger partial charge in [-0.2, -0.15) is 0 Å². The highest BCUT2D eigenvalue weighted by Gasteiger charge is 2.33. The summed E-state index contributed by atoms with van der Waals surface area (Å²) in [5.74, 6) is 0.697. The number of aryl methyl sites for hydroxylation is 1. The van der Waals surface area contributed by atoms with Crippen molar-refractivity contribution in [2.45, 2.75) is 26.2 Å². The van der Waals surface area contributed by atoms with Gasteiger partial charge >= 0.3 is 0 Å². The molecule has 1 heterocycles. The number of fused-ring (bicyclic) bond motifs is 1. The summed E-state index contributed by atoms with van der Waals surface area (Å²) < 4.78 is 11.3. The smallest absolute Gasteiger partial charge is 0.232 e. The minimum atomic E-state index is -0.440. The first-order valence-corrected chi connectivity index (χ1v) is 9.49. The largest absolute Gasteiger partial charge is 0.490 e. The van der Waals surface area contributed by atoms with Crippen molar-refractivity contribution in [3.05, 3.63) is 53.6 Å². The molecular weight excluding hydrogens is 356 g/mol. The Balaban J connectivity index is 1.55. The highest BCUT2D eigenvalue weighted by Crippen LogP contribution is 2.35. The SMILES string of the molecule is CCOc1ccccc1OCCN(C)C(=O)CC1C(=O)Nc2ccc(C)cc21. The maximum absolute atomic E-state index is 12.6. The van der Waals surface area contributed by atoms with Crippen molar-refractivity contribution in [3.63, 3.8) is 0 Å². The molecule has 6 heteroatoms. The molecule has 0 aliphatic carbocycles. The molecule has 0 fully saturated rings. The van der Waals surface area contributed by atoms with E-state index >= 15 is 0 Å². The molecule has 0 aromatic heterocycles. The lowest BCUT2D eigenvalue weighted by molar-refractivity contribution is -0.132. The summed E-state index contributed by atoms with van der Waals surface area (Å²) in [6.07, 6.45) is 0.147. The van der Waals surface area contributed by atoms with Crippen molar-refractivity contribution in [1.82, 2.24) is 4.90 Å². The molecule has 1 unspecified atom stereocenters. The fourth-order valence-electron chi connectivity index (χ4n) is 3.24. The van der Waals surface area contributed by atoms with Gasteiger partial charge in [-0.25, -0.2) is 0 Å². The Morgan fingerprint density at radius 2 is 1.86 bits per heavy atom. The van der Waals surface area contributed by atoms with Crippen LogP contribution in [0.4, 0.5) is 5.69 Å². The minimum Gasteiger partial charge on any atom is -0.490 e. The van der Waals surface area contributed by atoms with E-state index in [4.69, 9.17) is 9.47 Å². The first kappa shape index (κ1) is 19.7. The van der Waals surface area contributed by atoms with Crippen molar-refractivity contribution in [1.29, 1.82) is 0 Å². The highest BCUT2D eigenvalue weighted by atomic mass is 16.5. The lowest BCUT2D eigenvalue weighted by Crippen LogP contribution is -2.32. The zero-order valence-corrected chi connectivity index (χ0v) is 16.5. The van der Waals surface area contributed by atoms with Crippen molar-refractivity contribution in [2.75, 3.05) is 32.1 Å². The van der Waals surface area contributed by atoms with E-state index in [0.717, 1.165) is 16.8 Å². The van der Waals surface area contributed by atoms with Crippen LogP contribution in [0.1, 0.15) is 30.4 Å². The summed E-state index contributed by atoms with van der Waals surface area (Å²) in [6.45, 7) is 5.23. The summed E-state index contributed by atoms with van der Waals surface area (Å²) in [5, 5.41) is 2.85. The van der Waals surface area contributed by atoms with Gasteiger partial charge in [-0.05, 0) is 37.6 Å². The fourth-order valence-corrected chi connectivity index (χ4v) is 3.24. The second kappa shape index (κ2) is 8.78. The van der Waals surface area contributed by atoms with E-state index in [1.54, 1.807) is 11.9 Å². The van der Waals surface area contributed by atoms with Crippen LogP contribution in [-0.4, -0.2) is 43.5 Å². The molecule has 0 bridgehead atoms. The minimum absolute atomic E-state index is 0.0869. The molecule has 2 aromatic rings. The number of hydrogen-bond donors (Lipinski definition) is 1. The third-order valence-corrected chi connectivity index (χ3v) is 4.79. The second-order valence-corrected chi connectivity index (χ2v) is 6.88. The number of ether oxygens (including phenoxy) is 2. The monoisotopic (exact) mass is 382 g/mol. The number of anilines is 1. The molecule has 1 atom stereocenters. The van der Waals surface area contributed by atoms with Crippen LogP contribution < -0.4 is 14.8 Å². The summed E-state index contributed by atoms with van der Waals surface area (Å²) in [6, 6.07) is 13.3. The summed E-state index contributed by atoms with van der Waals surface area (Å²) in [7, 11) is 1.73.